The molecule has 0 unspecified atom stereocenters. The molecule has 0 aliphatic carbocycles. The summed E-state index contributed by atoms with van der Waals surface area (Å²) in [6.07, 6.45) is 1.74. The van der Waals surface area contributed by atoms with Gasteiger partial charge in [-0.3, -0.25) is 10.1 Å². The van der Waals surface area contributed by atoms with E-state index in [9.17, 15) is 18.5 Å². The largest absolute Gasteiger partial charge is 0.364 e. The van der Waals surface area contributed by atoms with Gasteiger partial charge in [0.15, 0.2) is 0 Å². The first-order valence-electron chi connectivity index (χ1n) is 6.57. The summed E-state index contributed by atoms with van der Waals surface area (Å²) in [5.74, 6) is 0. The second-order valence-corrected chi connectivity index (χ2v) is 6.85. The highest BCUT2D eigenvalue weighted by atomic mass is 32.2. The third-order valence-corrected chi connectivity index (χ3v) is 4.93. The first kappa shape index (κ1) is 15.7. The quantitative estimate of drug-likeness (QED) is 0.614. The first-order chi connectivity index (χ1) is 9.85. The van der Waals surface area contributed by atoms with Crippen LogP contribution in [0.5, 0.6) is 0 Å². The van der Waals surface area contributed by atoms with Crippen LogP contribution in [0.1, 0.15) is 12.8 Å². The molecule has 0 aromatic heterocycles. The summed E-state index contributed by atoms with van der Waals surface area (Å²) >= 11 is 0. The number of benzene rings is 1. The van der Waals surface area contributed by atoms with Crippen molar-refractivity contribution in [1.29, 1.82) is 0 Å². The van der Waals surface area contributed by atoms with Crippen LogP contribution in [-0.2, 0) is 10.0 Å². The topological polar surface area (TPSA) is 119 Å². The van der Waals surface area contributed by atoms with E-state index in [0.29, 0.717) is 18.8 Å². The Morgan fingerprint density at radius 1 is 1.48 bits per heavy atom. The molecular formula is C12H18N4O4S. The number of sulfonamides is 1. The fourth-order valence-corrected chi connectivity index (χ4v) is 3.18. The maximum Gasteiger partial charge on any atom is 0.293 e. The van der Waals surface area contributed by atoms with Gasteiger partial charge in [-0.1, -0.05) is 0 Å². The molecule has 1 heterocycles. The number of nitro benzene ring substituents is 1. The highest BCUT2D eigenvalue weighted by Gasteiger charge is 2.26. The molecule has 0 bridgehead atoms. The summed E-state index contributed by atoms with van der Waals surface area (Å²) in [6.45, 7) is 1.20. The van der Waals surface area contributed by atoms with Crippen LogP contribution in [0.2, 0.25) is 0 Å². The number of anilines is 1. The number of nitrogens with zero attached hydrogens (tertiary/aromatic N) is 2. The second kappa shape index (κ2) is 5.96. The third-order valence-electron chi connectivity index (χ3n) is 3.52. The Morgan fingerprint density at radius 3 is 2.76 bits per heavy atom. The average Bonchev–Trinajstić information content (AvgIpc) is 2.46. The predicted octanol–water partition coefficient (Wildman–Crippen LogP) is 0.430. The van der Waals surface area contributed by atoms with Gasteiger partial charge in [-0.15, -0.1) is 0 Å². The Hall–Kier alpha value is -1.71. The molecule has 1 atom stereocenters. The van der Waals surface area contributed by atoms with E-state index in [1.54, 1.807) is 0 Å². The van der Waals surface area contributed by atoms with Crippen molar-refractivity contribution in [3.8, 4) is 0 Å². The molecule has 0 saturated carbocycles. The van der Waals surface area contributed by atoms with Gasteiger partial charge in [0.05, 0.1) is 9.82 Å². The third kappa shape index (κ3) is 3.31. The second-order valence-electron chi connectivity index (χ2n) is 4.96. The van der Waals surface area contributed by atoms with Crippen LogP contribution >= 0.6 is 0 Å². The molecule has 2 rings (SSSR count). The molecule has 3 N–H and O–H groups in total. The van der Waals surface area contributed by atoms with Crippen LogP contribution in [0.4, 0.5) is 11.4 Å². The van der Waals surface area contributed by atoms with Crippen LogP contribution < -0.4 is 15.4 Å². The van der Waals surface area contributed by atoms with Gasteiger partial charge in [0.2, 0.25) is 10.0 Å². The lowest BCUT2D eigenvalue weighted by Crippen LogP contribution is -2.43. The van der Waals surface area contributed by atoms with Gasteiger partial charge in [0.25, 0.3) is 5.69 Å². The molecule has 1 aromatic carbocycles. The monoisotopic (exact) mass is 314 g/mol. The van der Waals surface area contributed by atoms with E-state index in [1.165, 1.54) is 19.2 Å². The summed E-state index contributed by atoms with van der Waals surface area (Å²) < 4.78 is 25.6. The summed E-state index contributed by atoms with van der Waals surface area (Å²) in [4.78, 5) is 12.4. The molecule has 0 spiro atoms. The van der Waals surface area contributed by atoms with Crippen molar-refractivity contribution in [2.45, 2.75) is 23.8 Å². The Labute approximate surface area is 123 Å². The highest BCUT2D eigenvalue weighted by molar-refractivity contribution is 7.89. The predicted molar refractivity (Wildman–Crippen MR) is 78.8 cm³/mol. The Morgan fingerprint density at radius 2 is 2.19 bits per heavy atom. The maximum atomic E-state index is 11.7. The van der Waals surface area contributed by atoms with Gasteiger partial charge in [-0.2, -0.15) is 0 Å². The zero-order chi connectivity index (χ0) is 15.6. The molecule has 21 heavy (non-hydrogen) atoms. The van der Waals surface area contributed by atoms with E-state index < -0.39 is 14.9 Å². The number of nitrogens with two attached hydrogens (primary N) is 1. The Balaban J connectivity index is 2.45. The zero-order valence-electron chi connectivity index (χ0n) is 11.7. The van der Waals surface area contributed by atoms with Crippen molar-refractivity contribution in [3.63, 3.8) is 0 Å². The highest BCUT2D eigenvalue weighted by Crippen LogP contribution is 2.32. The number of hydrogen-bond donors (Lipinski definition) is 2. The van der Waals surface area contributed by atoms with Gasteiger partial charge >= 0.3 is 0 Å². The molecule has 8 nitrogen and oxygen atoms in total. The van der Waals surface area contributed by atoms with E-state index >= 15 is 0 Å². The minimum Gasteiger partial charge on any atom is -0.364 e. The summed E-state index contributed by atoms with van der Waals surface area (Å²) in [6, 6.07) is 3.90. The van der Waals surface area contributed by atoms with Gasteiger partial charge in [0.1, 0.15) is 5.69 Å². The lowest BCUT2D eigenvalue weighted by Gasteiger charge is -2.32. The standard InChI is InChI=1S/C12H18N4O4S/c1-14-21(19,20)10-4-5-11(12(7-10)16(17)18)15-6-2-3-9(13)8-15/h4-5,7,9,14H,2-3,6,8,13H2,1H3/t9-/m1/s1. The van der Waals surface area contributed by atoms with E-state index in [2.05, 4.69) is 4.72 Å². The van der Waals surface area contributed by atoms with Crippen molar-refractivity contribution in [1.82, 2.24) is 4.72 Å². The SMILES string of the molecule is CNS(=O)(=O)c1ccc(N2CCC[C@@H](N)C2)c([N+](=O)[O-])c1. The molecule has 116 valence electrons. The van der Waals surface area contributed by atoms with Crippen molar-refractivity contribution in [3.05, 3.63) is 28.3 Å². The number of rotatable bonds is 4. The number of nitro groups is 1. The smallest absolute Gasteiger partial charge is 0.293 e. The molecule has 1 aliphatic heterocycles. The molecule has 1 aromatic rings. The van der Waals surface area contributed by atoms with E-state index in [4.69, 9.17) is 5.73 Å². The van der Waals surface area contributed by atoms with Gasteiger partial charge in [0, 0.05) is 25.2 Å². The van der Waals surface area contributed by atoms with Gasteiger partial charge in [-0.25, -0.2) is 13.1 Å². The minimum atomic E-state index is -3.71. The first-order valence-corrected chi connectivity index (χ1v) is 8.06. The summed E-state index contributed by atoms with van der Waals surface area (Å²) in [5, 5.41) is 11.2. The van der Waals surface area contributed by atoms with Crippen molar-refractivity contribution in [2.75, 3.05) is 25.0 Å². The molecule has 1 fully saturated rings. The molecule has 1 aliphatic rings. The molecule has 0 radical (unpaired) electrons. The number of hydrogen-bond acceptors (Lipinski definition) is 6. The lowest BCUT2D eigenvalue weighted by atomic mass is 10.1. The van der Waals surface area contributed by atoms with E-state index in [0.717, 1.165) is 18.9 Å². The van der Waals surface area contributed by atoms with Crippen LogP contribution in [0.15, 0.2) is 23.1 Å². The fraction of sp³-hybridized carbons (Fsp3) is 0.500. The van der Waals surface area contributed by atoms with Crippen molar-refractivity contribution >= 4 is 21.4 Å². The van der Waals surface area contributed by atoms with Gasteiger partial charge in [-0.05, 0) is 32.0 Å². The lowest BCUT2D eigenvalue weighted by molar-refractivity contribution is -0.384. The van der Waals surface area contributed by atoms with E-state index in [1.807, 2.05) is 4.90 Å². The fourth-order valence-electron chi connectivity index (χ4n) is 2.43. The molecule has 1 saturated heterocycles. The molecule has 0 amide bonds. The zero-order valence-corrected chi connectivity index (χ0v) is 12.5. The maximum absolute atomic E-state index is 11.7. The Kier molecular flexibility index (Phi) is 4.45. The van der Waals surface area contributed by atoms with Crippen molar-refractivity contribution in [2.24, 2.45) is 5.73 Å². The number of piperidine rings is 1. The average molecular weight is 314 g/mol. The van der Waals surface area contributed by atoms with Crippen LogP contribution in [0.25, 0.3) is 0 Å². The summed E-state index contributed by atoms with van der Waals surface area (Å²) in [7, 11) is -2.45. The molecule has 9 heteroatoms. The van der Waals surface area contributed by atoms with Crippen molar-refractivity contribution < 1.29 is 13.3 Å². The minimum absolute atomic E-state index is 0.0286. The van der Waals surface area contributed by atoms with Gasteiger partial charge < -0.3 is 10.6 Å². The normalized spacial score (nSPS) is 19.5. The van der Waals surface area contributed by atoms with Crippen LogP contribution in [0.3, 0.4) is 0 Å². The Bertz CT molecular complexity index is 647. The van der Waals surface area contributed by atoms with Crippen LogP contribution in [0, 0.1) is 10.1 Å². The van der Waals surface area contributed by atoms with E-state index in [-0.39, 0.29) is 16.6 Å². The molecular weight excluding hydrogens is 296 g/mol. The summed E-state index contributed by atoms with van der Waals surface area (Å²) in [5.41, 5.74) is 6.08. The number of nitrogens with one attached hydrogen (secondary N) is 1. The van der Waals surface area contributed by atoms with Crippen LogP contribution in [-0.4, -0.2) is 39.5 Å².